The van der Waals surface area contributed by atoms with E-state index in [2.05, 4.69) is 17.6 Å². The SMILES string of the molecule is CNCc1csc2c1C(C)CC2. The Morgan fingerprint density at radius 1 is 1.67 bits per heavy atom. The monoisotopic (exact) mass is 181 g/mol. The van der Waals surface area contributed by atoms with Crippen LogP contribution in [0, 0.1) is 0 Å². The van der Waals surface area contributed by atoms with Gasteiger partial charge < -0.3 is 5.32 Å². The molecule has 0 fully saturated rings. The summed E-state index contributed by atoms with van der Waals surface area (Å²) in [6.07, 6.45) is 2.67. The van der Waals surface area contributed by atoms with Crippen LogP contribution in [0.5, 0.6) is 0 Å². The molecule has 0 amide bonds. The average molecular weight is 181 g/mol. The number of nitrogens with one attached hydrogen (secondary N) is 1. The van der Waals surface area contributed by atoms with Crippen LogP contribution in [0.1, 0.15) is 35.3 Å². The molecule has 2 rings (SSSR count). The van der Waals surface area contributed by atoms with E-state index in [4.69, 9.17) is 0 Å². The number of aryl methyl sites for hydroxylation is 1. The Morgan fingerprint density at radius 3 is 3.25 bits per heavy atom. The normalized spacial score (nSPS) is 21.3. The molecule has 12 heavy (non-hydrogen) atoms. The molecule has 0 saturated heterocycles. The number of hydrogen-bond donors (Lipinski definition) is 1. The molecule has 0 aromatic carbocycles. The second kappa shape index (κ2) is 3.19. The molecule has 1 aromatic rings. The minimum atomic E-state index is 0.801. The fraction of sp³-hybridized carbons (Fsp3) is 0.600. The van der Waals surface area contributed by atoms with Gasteiger partial charge in [0.2, 0.25) is 0 Å². The van der Waals surface area contributed by atoms with Crippen molar-refractivity contribution in [2.45, 2.75) is 32.2 Å². The highest BCUT2D eigenvalue weighted by Crippen LogP contribution is 2.39. The summed E-state index contributed by atoms with van der Waals surface area (Å²) in [5.74, 6) is 0.801. The van der Waals surface area contributed by atoms with Crippen LogP contribution in [0.3, 0.4) is 0 Å². The summed E-state index contributed by atoms with van der Waals surface area (Å²) in [4.78, 5) is 1.63. The average Bonchev–Trinajstić information content (AvgIpc) is 2.58. The smallest absolute Gasteiger partial charge is 0.0213 e. The van der Waals surface area contributed by atoms with Crippen LogP contribution in [0.25, 0.3) is 0 Å². The Kier molecular flexibility index (Phi) is 2.20. The number of rotatable bonds is 2. The van der Waals surface area contributed by atoms with Crippen molar-refractivity contribution in [1.82, 2.24) is 5.32 Å². The highest BCUT2D eigenvalue weighted by atomic mass is 32.1. The summed E-state index contributed by atoms with van der Waals surface area (Å²) in [7, 11) is 2.02. The maximum atomic E-state index is 3.23. The molecule has 1 nitrogen and oxygen atoms in total. The maximum absolute atomic E-state index is 3.23. The lowest BCUT2D eigenvalue weighted by molar-refractivity contribution is 0.727. The standard InChI is InChI=1S/C10H15NS/c1-7-3-4-9-10(7)8(5-11-2)6-12-9/h6-7,11H,3-5H2,1-2H3. The van der Waals surface area contributed by atoms with Crippen LogP contribution in [-0.2, 0) is 13.0 Å². The molecule has 1 atom stereocenters. The highest BCUT2D eigenvalue weighted by molar-refractivity contribution is 7.10. The fourth-order valence-electron chi connectivity index (χ4n) is 2.05. The molecule has 0 radical (unpaired) electrons. The minimum Gasteiger partial charge on any atom is -0.316 e. The number of fused-ring (bicyclic) bond motifs is 1. The Bertz CT molecular complexity index is 277. The molecule has 1 unspecified atom stereocenters. The molecule has 1 aromatic heterocycles. The zero-order valence-corrected chi connectivity index (χ0v) is 8.50. The lowest BCUT2D eigenvalue weighted by Crippen LogP contribution is -2.06. The first-order chi connectivity index (χ1) is 5.83. The van der Waals surface area contributed by atoms with Crippen molar-refractivity contribution in [3.8, 4) is 0 Å². The first-order valence-corrected chi connectivity index (χ1v) is 5.44. The Morgan fingerprint density at radius 2 is 2.50 bits per heavy atom. The van der Waals surface area contributed by atoms with E-state index in [9.17, 15) is 0 Å². The van der Waals surface area contributed by atoms with Crippen molar-refractivity contribution in [1.29, 1.82) is 0 Å². The van der Waals surface area contributed by atoms with Crippen LogP contribution in [0.4, 0.5) is 0 Å². The predicted molar refractivity (Wildman–Crippen MR) is 53.8 cm³/mol. The van der Waals surface area contributed by atoms with Crippen molar-refractivity contribution in [2.75, 3.05) is 7.05 Å². The topological polar surface area (TPSA) is 12.0 Å². The summed E-state index contributed by atoms with van der Waals surface area (Å²) in [5, 5.41) is 5.54. The van der Waals surface area contributed by atoms with E-state index in [-0.39, 0.29) is 0 Å². The first-order valence-electron chi connectivity index (χ1n) is 4.56. The van der Waals surface area contributed by atoms with Gasteiger partial charge in [0, 0.05) is 11.4 Å². The fourth-order valence-corrected chi connectivity index (χ4v) is 3.24. The highest BCUT2D eigenvalue weighted by Gasteiger charge is 2.22. The van der Waals surface area contributed by atoms with Gasteiger partial charge in [-0.25, -0.2) is 0 Å². The van der Waals surface area contributed by atoms with Gasteiger partial charge in [0.15, 0.2) is 0 Å². The maximum Gasteiger partial charge on any atom is 0.0213 e. The molecule has 0 spiro atoms. The van der Waals surface area contributed by atoms with E-state index in [0.717, 1.165) is 12.5 Å². The summed E-state index contributed by atoms with van der Waals surface area (Å²) in [6.45, 7) is 3.38. The first kappa shape index (κ1) is 8.27. The second-order valence-corrected chi connectivity index (χ2v) is 4.53. The molecule has 0 bridgehead atoms. The number of hydrogen-bond acceptors (Lipinski definition) is 2. The molecule has 66 valence electrons. The number of thiophene rings is 1. The van der Waals surface area contributed by atoms with Gasteiger partial charge in [-0.3, -0.25) is 0 Å². The Hall–Kier alpha value is -0.340. The Balaban J connectivity index is 2.32. The summed E-state index contributed by atoms with van der Waals surface area (Å²) >= 11 is 1.94. The zero-order valence-electron chi connectivity index (χ0n) is 7.68. The third kappa shape index (κ3) is 1.19. The summed E-state index contributed by atoms with van der Waals surface area (Å²) < 4.78 is 0. The van der Waals surface area contributed by atoms with Crippen molar-refractivity contribution >= 4 is 11.3 Å². The predicted octanol–water partition coefficient (Wildman–Crippen LogP) is 2.52. The Labute approximate surface area is 77.8 Å². The lowest BCUT2D eigenvalue weighted by atomic mass is 10.0. The van der Waals surface area contributed by atoms with E-state index in [1.165, 1.54) is 18.4 Å². The van der Waals surface area contributed by atoms with Gasteiger partial charge in [-0.2, -0.15) is 0 Å². The van der Waals surface area contributed by atoms with Crippen LogP contribution >= 0.6 is 11.3 Å². The summed E-state index contributed by atoms with van der Waals surface area (Å²) in [6, 6.07) is 0. The molecular weight excluding hydrogens is 166 g/mol. The quantitative estimate of drug-likeness (QED) is 0.739. The van der Waals surface area contributed by atoms with Crippen LogP contribution in [0.15, 0.2) is 5.38 Å². The molecule has 2 heteroatoms. The van der Waals surface area contributed by atoms with Gasteiger partial charge in [-0.15, -0.1) is 11.3 Å². The van der Waals surface area contributed by atoms with Gasteiger partial charge >= 0.3 is 0 Å². The third-order valence-electron chi connectivity index (χ3n) is 2.65. The second-order valence-electron chi connectivity index (χ2n) is 3.57. The van der Waals surface area contributed by atoms with Gasteiger partial charge in [-0.1, -0.05) is 6.92 Å². The van der Waals surface area contributed by atoms with E-state index in [1.54, 1.807) is 10.4 Å². The zero-order chi connectivity index (χ0) is 8.55. The van der Waals surface area contributed by atoms with Gasteiger partial charge in [-0.05, 0) is 42.3 Å². The van der Waals surface area contributed by atoms with Gasteiger partial charge in [0.25, 0.3) is 0 Å². The molecule has 0 saturated carbocycles. The van der Waals surface area contributed by atoms with Crippen molar-refractivity contribution in [3.63, 3.8) is 0 Å². The van der Waals surface area contributed by atoms with Gasteiger partial charge in [0.1, 0.15) is 0 Å². The molecule has 1 heterocycles. The van der Waals surface area contributed by atoms with E-state index in [1.807, 2.05) is 18.4 Å². The van der Waals surface area contributed by atoms with E-state index in [0.29, 0.717) is 0 Å². The van der Waals surface area contributed by atoms with Crippen molar-refractivity contribution < 1.29 is 0 Å². The molecule has 0 aliphatic heterocycles. The van der Waals surface area contributed by atoms with Crippen molar-refractivity contribution in [2.24, 2.45) is 0 Å². The van der Waals surface area contributed by atoms with Crippen molar-refractivity contribution in [3.05, 3.63) is 21.4 Å². The molecule has 1 aliphatic carbocycles. The van der Waals surface area contributed by atoms with E-state index >= 15 is 0 Å². The van der Waals surface area contributed by atoms with Crippen LogP contribution in [-0.4, -0.2) is 7.05 Å². The molecule has 1 N–H and O–H groups in total. The van der Waals surface area contributed by atoms with Crippen LogP contribution in [0.2, 0.25) is 0 Å². The minimum absolute atomic E-state index is 0.801. The molecular formula is C10H15NS. The van der Waals surface area contributed by atoms with Crippen LogP contribution < -0.4 is 5.32 Å². The summed E-state index contributed by atoms with van der Waals surface area (Å²) in [5.41, 5.74) is 3.18. The largest absolute Gasteiger partial charge is 0.316 e. The molecule has 1 aliphatic rings. The third-order valence-corrected chi connectivity index (χ3v) is 3.77. The lowest BCUT2D eigenvalue weighted by Gasteiger charge is -2.05. The van der Waals surface area contributed by atoms with E-state index < -0.39 is 0 Å². The van der Waals surface area contributed by atoms with Gasteiger partial charge in [0.05, 0.1) is 0 Å².